The third-order valence-electron chi connectivity index (χ3n) is 5.51. The molecular formula is C22H30N4O7S. The zero-order valence-corrected chi connectivity index (χ0v) is 20.5. The molecular weight excluding hydrogens is 464 g/mol. The number of methoxy groups -OCH3 is 1. The minimum Gasteiger partial charge on any atom is -0.493 e. The highest BCUT2D eigenvalue weighted by Crippen LogP contribution is 2.29. The van der Waals surface area contributed by atoms with Gasteiger partial charge in [0.1, 0.15) is 10.6 Å². The molecule has 1 unspecified atom stereocenters. The van der Waals surface area contributed by atoms with Gasteiger partial charge in [-0.15, -0.1) is 0 Å². The predicted octanol–water partition coefficient (Wildman–Crippen LogP) is 1.95. The molecule has 12 heteroatoms. The van der Waals surface area contributed by atoms with E-state index in [9.17, 15) is 18.0 Å². The van der Waals surface area contributed by atoms with Crippen LogP contribution in [0.1, 0.15) is 48.0 Å². The van der Waals surface area contributed by atoms with E-state index in [0.717, 1.165) is 6.42 Å². The van der Waals surface area contributed by atoms with Crippen LogP contribution in [-0.4, -0.2) is 56.5 Å². The van der Waals surface area contributed by atoms with Gasteiger partial charge in [-0.3, -0.25) is 20.4 Å². The summed E-state index contributed by atoms with van der Waals surface area (Å²) in [4.78, 5) is 25.3. The first-order valence-corrected chi connectivity index (χ1v) is 12.5. The summed E-state index contributed by atoms with van der Waals surface area (Å²) in [7, 11) is -2.38. The fourth-order valence-corrected chi connectivity index (χ4v) is 5.59. The molecule has 1 aromatic carbocycles. The van der Waals surface area contributed by atoms with Crippen LogP contribution in [-0.2, 0) is 14.8 Å². The third-order valence-corrected chi connectivity index (χ3v) is 7.62. The molecule has 34 heavy (non-hydrogen) atoms. The Bertz CT molecular complexity index is 1130. The quantitative estimate of drug-likeness (QED) is 0.531. The standard InChI is InChI=1S/C22H30N4O7S/c1-5-11-32-18-9-8-16(12-19(18)31-4)21(27)23-24-22(28)17-7-6-10-26(13-17)34(29,30)20-14(2)25-33-15(20)3/h8-9,12,17H,5-7,10-11,13H2,1-4H3,(H,23,27)(H,24,28). The Labute approximate surface area is 198 Å². The first-order chi connectivity index (χ1) is 16.2. The zero-order valence-electron chi connectivity index (χ0n) is 19.7. The molecule has 11 nitrogen and oxygen atoms in total. The normalized spacial score (nSPS) is 16.6. The molecule has 2 N–H and O–H groups in total. The topological polar surface area (TPSA) is 140 Å². The van der Waals surface area contributed by atoms with Gasteiger partial charge in [0.2, 0.25) is 15.9 Å². The summed E-state index contributed by atoms with van der Waals surface area (Å²) in [6.07, 6.45) is 1.83. The second-order valence-corrected chi connectivity index (χ2v) is 9.89. The highest BCUT2D eigenvalue weighted by molar-refractivity contribution is 7.89. The number of hydrogen-bond donors (Lipinski definition) is 2. The average molecular weight is 495 g/mol. The number of hydrazine groups is 1. The number of sulfonamides is 1. The minimum absolute atomic E-state index is 0.00855. The molecule has 1 saturated heterocycles. The molecule has 186 valence electrons. The lowest BCUT2D eigenvalue weighted by atomic mass is 9.99. The number of rotatable bonds is 8. The molecule has 2 heterocycles. The fourth-order valence-electron chi connectivity index (χ4n) is 3.78. The van der Waals surface area contributed by atoms with Crippen molar-refractivity contribution in [3.63, 3.8) is 0 Å². The maximum atomic E-state index is 13.1. The van der Waals surface area contributed by atoms with Gasteiger partial charge in [-0.05, 0) is 51.3 Å². The molecule has 1 aliphatic heterocycles. The maximum Gasteiger partial charge on any atom is 0.269 e. The van der Waals surface area contributed by atoms with Crippen molar-refractivity contribution < 1.29 is 32.0 Å². The molecule has 1 aromatic heterocycles. The van der Waals surface area contributed by atoms with Crippen LogP contribution >= 0.6 is 0 Å². The van der Waals surface area contributed by atoms with E-state index in [1.54, 1.807) is 19.1 Å². The van der Waals surface area contributed by atoms with Crippen molar-refractivity contribution in [3.05, 3.63) is 35.2 Å². The molecule has 0 aliphatic carbocycles. The van der Waals surface area contributed by atoms with Crippen molar-refractivity contribution in [1.29, 1.82) is 0 Å². The van der Waals surface area contributed by atoms with Gasteiger partial charge >= 0.3 is 0 Å². The van der Waals surface area contributed by atoms with E-state index in [4.69, 9.17) is 14.0 Å². The summed E-state index contributed by atoms with van der Waals surface area (Å²) in [5.74, 6) is -0.500. The van der Waals surface area contributed by atoms with Crippen molar-refractivity contribution >= 4 is 21.8 Å². The highest BCUT2D eigenvalue weighted by atomic mass is 32.2. The molecule has 1 fully saturated rings. The number of benzene rings is 1. The lowest BCUT2D eigenvalue weighted by molar-refractivity contribution is -0.126. The number of ether oxygens (including phenoxy) is 2. The molecule has 0 saturated carbocycles. The van der Waals surface area contributed by atoms with E-state index >= 15 is 0 Å². The second-order valence-electron chi connectivity index (χ2n) is 8.01. The van der Waals surface area contributed by atoms with E-state index in [1.165, 1.54) is 24.4 Å². The van der Waals surface area contributed by atoms with Crippen molar-refractivity contribution in [3.8, 4) is 11.5 Å². The van der Waals surface area contributed by atoms with Gasteiger partial charge in [-0.25, -0.2) is 8.42 Å². The number of carbonyl (C=O) groups is 2. The highest BCUT2D eigenvalue weighted by Gasteiger charge is 2.36. The third kappa shape index (κ3) is 5.50. The van der Waals surface area contributed by atoms with Gasteiger partial charge in [-0.1, -0.05) is 12.1 Å². The van der Waals surface area contributed by atoms with Crippen LogP contribution in [0.5, 0.6) is 11.5 Å². The monoisotopic (exact) mass is 494 g/mol. The van der Waals surface area contributed by atoms with Crippen molar-refractivity contribution in [2.75, 3.05) is 26.8 Å². The largest absolute Gasteiger partial charge is 0.493 e. The van der Waals surface area contributed by atoms with E-state index in [2.05, 4.69) is 16.0 Å². The van der Waals surface area contributed by atoms with E-state index < -0.39 is 27.8 Å². The number of nitrogens with one attached hydrogen (secondary N) is 2. The summed E-state index contributed by atoms with van der Waals surface area (Å²) in [5.41, 5.74) is 5.33. The number of hydrogen-bond acceptors (Lipinski definition) is 8. The molecule has 3 rings (SSSR count). The Morgan fingerprint density at radius 3 is 2.65 bits per heavy atom. The summed E-state index contributed by atoms with van der Waals surface area (Å²) >= 11 is 0. The molecule has 2 amide bonds. The van der Waals surface area contributed by atoms with Crippen LogP contribution in [0, 0.1) is 19.8 Å². The van der Waals surface area contributed by atoms with Crippen LogP contribution < -0.4 is 20.3 Å². The molecule has 1 atom stereocenters. The molecule has 0 bridgehead atoms. The van der Waals surface area contributed by atoms with Gasteiger partial charge < -0.3 is 14.0 Å². The van der Waals surface area contributed by atoms with E-state index in [-0.39, 0.29) is 35.0 Å². The van der Waals surface area contributed by atoms with Crippen LogP contribution in [0.15, 0.2) is 27.6 Å². The Morgan fingerprint density at radius 2 is 2.00 bits per heavy atom. The summed E-state index contributed by atoms with van der Waals surface area (Å²) in [6.45, 7) is 5.87. The van der Waals surface area contributed by atoms with Gasteiger partial charge in [0, 0.05) is 18.7 Å². The van der Waals surface area contributed by atoms with Crippen LogP contribution in [0.3, 0.4) is 0 Å². The fraction of sp³-hybridized carbons (Fsp3) is 0.500. The number of nitrogens with zero attached hydrogens (tertiary/aromatic N) is 2. The number of aryl methyl sites for hydroxylation is 2. The number of aromatic nitrogens is 1. The number of piperidine rings is 1. The summed E-state index contributed by atoms with van der Waals surface area (Å²) in [6, 6.07) is 4.71. The predicted molar refractivity (Wildman–Crippen MR) is 122 cm³/mol. The summed E-state index contributed by atoms with van der Waals surface area (Å²) < 4.78 is 43.2. The maximum absolute atomic E-state index is 13.1. The Hall–Kier alpha value is -3.12. The lowest BCUT2D eigenvalue weighted by Gasteiger charge is -2.31. The summed E-state index contributed by atoms with van der Waals surface area (Å²) in [5, 5.41) is 3.72. The van der Waals surface area contributed by atoms with Crippen LogP contribution in [0.25, 0.3) is 0 Å². The van der Waals surface area contributed by atoms with Crippen LogP contribution in [0.4, 0.5) is 0 Å². The molecule has 0 radical (unpaired) electrons. The number of carbonyl (C=O) groups excluding carboxylic acids is 2. The first-order valence-electron chi connectivity index (χ1n) is 11.0. The molecule has 0 spiro atoms. The van der Waals surface area contributed by atoms with Crippen LogP contribution in [0.2, 0.25) is 0 Å². The van der Waals surface area contributed by atoms with Gasteiger partial charge in [0.15, 0.2) is 17.3 Å². The Balaban J connectivity index is 1.62. The van der Waals surface area contributed by atoms with E-state index in [0.29, 0.717) is 30.9 Å². The molecule has 2 aromatic rings. The SMILES string of the molecule is CCCOc1ccc(C(=O)NNC(=O)C2CCCN(S(=O)(=O)c3c(C)noc3C)C2)cc1OC. The second kappa shape index (κ2) is 10.9. The lowest BCUT2D eigenvalue weighted by Crippen LogP contribution is -2.50. The average Bonchev–Trinajstić information content (AvgIpc) is 3.19. The first kappa shape index (κ1) is 25.5. The number of amides is 2. The van der Waals surface area contributed by atoms with Crippen molar-refractivity contribution in [2.24, 2.45) is 5.92 Å². The minimum atomic E-state index is -3.86. The van der Waals surface area contributed by atoms with Crippen molar-refractivity contribution in [2.45, 2.75) is 44.9 Å². The van der Waals surface area contributed by atoms with Crippen molar-refractivity contribution in [1.82, 2.24) is 20.3 Å². The zero-order chi connectivity index (χ0) is 24.9. The van der Waals surface area contributed by atoms with Gasteiger partial charge in [0.25, 0.3) is 5.91 Å². The Morgan fingerprint density at radius 1 is 1.24 bits per heavy atom. The molecule has 1 aliphatic rings. The smallest absolute Gasteiger partial charge is 0.269 e. The van der Waals surface area contributed by atoms with Gasteiger partial charge in [-0.2, -0.15) is 4.31 Å². The van der Waals surface area contributed by atoms with Gasteiger partial charge in [0.05, 0.1) is 19.6 Å². The Kier molecular flexibility index (Phi) is 8.15. The van der Waals surface area contributed by atoms with E-state index in [1.807, 2.05) is 6.92 Å².